The van der Waals surface area contributed by atoms with E-state index in [1.54, 1.807) is 36.4 Å². The van der Waals surface area contributed by atoms with Crippen LogP contribution < -0.4 is 10.7 Å². The quantitative estimate of drug-likeness (QED) is 0.572. The Morgan fingerprint density at radius 2 is 1.92 bits per heavy atom. The standard InChI is InChI=1S/C21H17NO4/c1-13-6-8-19-18(10-13)21(25)16(12-26-19)7-9-20(24)22-17-5-3-4-15(11-17)14(2)23/h3-12H,1-2H3,(H,22,24)/b9-7+. The summed E-state index contributed by atoms with van der Waals surface area (Å²) in [5, 5.41) is 3.14. The number of nitrogens with one attached hydrogen (secondary N) is 1. The fraction of sp³-hybridized carbons (Fsp3) is 0.0952. The van der Waals surface area contributed by atoms with Crippen LogP contribution in [0.15, 0.2) is 64.0 Å². The second-order valence-corrected chi connectivity index (χ2v) is 5.98. The van der Waals surface area contributed by atoms with Gasteiger partial charge in [-0.15, -0.1) is 0 Å². The third-order valence-corrected chi connectivity index (χ3v) is 3.91. The molecule has 0 bridgehead atoms. The van der Waals surface area contributed by atoms with Crippen molar-refractivity contribution in [3.63, 3.8) is 0 Å². The third kappa shape index (κ3) is 3.78. The molecule has 5 heteroatoms. The van der Waals surface area contributed by atoms with E-state index in [1.165, 1.54) is 25.3 Å². The Hall–Kier alpha value is -3.47. The average molecular weight is 347 g/mol. The highest BCUT2D eigenvalue weighted by atomic mass is 16.3. The molecule has 130 valence electrons. The molecule has 26 heavy (non-hydrogen) atoms. The Bertz CT molecular complexity index is 1090. The van der Waals surface area contributed by atoms with Crippen molar-refractivity contribution < 1.29 is 14.0 Å². The van der Waals surface area contributed by atoms with Crippen molar-refractivity contribution in [1.29, 1.82) is 0 Å². The predicted molar refractivity (Wildman–Crippen MR) is 101 cm³/mol. The van der Waals surface area contributed by atoms with Crippen LogP contribution in [0.5, 0.6) is 0 Å². The van der Waals surface area contributed by atoms with E-state index < -0.39 is 5.91 Å². The number of Topliss-reactive ketones (excluding diaryl/α,β-unsaturated/α-hetero) is 1. The second-order valence-electron chi connectivity index (χ2n) is 5.98. The Morgan fingerprint density at radius 3 is 2.69 bits per heavy atom. The number of fused-ring (bicyclic) bond motifs is 1. The molecule has 0 saturated heterocycles. The van der Waals surface area contributed by atoms with Crippen LogP contribution in [0, 0.1) is 6.92 Å². The summed E-state index contributed by atoms with van der Waals surface area (Å²) in [7, 11) is 0. The summed E-state index contributed by atoms with van der Waals surface area (Å²) in [5.41, 5.74) is 2.57. The molecule has 0 aliphatic rings. The lowest BCUT2D eigenvalue weighted by atomic mass is 10.1. The zero-order valence-electron chi connectivity index (χ0n) is 14.4. The SMILES string of the molecule is CC(=O)c1cccc(NC(=O)/C=C/c2coc3ccc(C)cc3c2=O)c1. The van der Waals surface area contributed by atoms with Gasteiger partial charge in [0.05, 0.1) is 10.9 Å². The molecule has 0 radical (unpaired) electrons. The van der Waals surface area contributed by atoms with Crippen molar-refractivity contribution in [2.75, 3.05) is 5.32 Å². The normalized spacial score (nSPS) is 11.0. The largest absolute Gasteiger partial charge is 0.463 e. The highest BCUT2D eigenvalue weighted by Gasteiger charge is 2.06. The van der Waals surface area contributed by atoms with Gasteiger partial charge in [-0.1, -0.05) is 23.8 Å². The van der Waals surface area contributed by atoms with Gasteiger partial charge in [-0.2, -0.15) is 0 Å². The van der Waals surface area contributed by atoms with E-state index in [2.05, 4.69) is 5.32 Å². The number of aryl methyl sites for hydroxylation is 1. The van der Waals surface area contributed by atoms with Crippen LogP contribution in [-0.4, -0.2) is 11.7 Å². The zero-order chi connectivity index (χ0) is 18.7. The van der Waals surface area contributed by atoms with Gasteiger partial charge in [0, 0.05) is 17.3 Å². The Morgan fingerprint density at radius 1 is 1.12 bits per heavy atom. The first-order valence-corrected chi connectivity index (χ1v) is 8.06. The minimum absolute atomic E-state index is 0.0827. The minimum Gasteiger partial charge on any atom is -0.463 e. The number of hydrogen-bond donors (Lipinski definition) is 1. The molecule has 1 N–H and O–H groups in total. The summed E-state index contributed by atoms with van der Waals surface area (Å²) in [6, 6.07) is 12.0. The molecule has 0 aliphatic carbocycles. The number of hydrogen-bond acceptors (Lipinski definition) is 4. The maximum Gasteiger partial charge on any atom is 0.248 e. The van der Waals surface area contributed by atoms with Gasteiger partial charge in [0.15, 0.2) is 11.2 Å². The molecule has 1 amide bonds. The Balaban J connectivity index is 1.81. The van der Waals surface area contributed by atoms with Gasteiger partial charge in [0.25, 0.3) is 0 Å². The molecule has 0 unspecified atom stereocenters. The Labute approximate surface area is 150 Å². The Kier molecular flexibility index (Phi) is 4.80. The molecule has 2 aromatic carbocycles. The zero-order valence-corrected chi connectivity index (χ0v) is 14.4. The van der Waals surface area contributed by atoms with Gasteiger partial charge in [-0.25, -0.2) is 0 Å². The molecule has 1 heterocycles. The van der Waals surface area contributed by atoms with Crippen LogP contribution >= 0.6 is 0 Å². The molecule has 0 saturated carbocycles. The van der Waals surface area contributed by atoms with E-state index in [4.69, 9.17) is 4.42 Å². The van der Waals surface area contributed by atoms with Crippen molar-refractivity contribution in [1.82, 2.24) is 0 Å². The lowest BCUT2D eigenvalue weighted by molar-refractivity contribution is -0.111. The van der Waals surface area contributed by atoms with Crippen molar-refractivity contribution in [2.45, 2.75) is 13.8 Å². The number of amides is 1. The fourth-order valence-electron chi connectivity index (χ4n) is 2.54. The molecule has 0 fully saturated rings. The summed E-state index contributed by atoms with van der Waals surface area (Å²) >= 11 is 0. The molecule has 5 nitrogen and oxygen atoms in total. The average Bonchev–Trinajstić information content (AvgIpc) is 2.62. The van der Waals surface area contributed by atoms with Crippen molar-refractivity contribution in [2.24, 2.45) is 0 Å². The van der Waals surface area contributed by atoms with E-state index in [9.17, 15) is 14.4 Å². The number of carbonyl (C=O) groups excluding carboxylic acids is 2. The summed E-state index contributed by atoms with van der Waals surface area (Å²) in [5.74, 6) is -0.491. The van der Waals surface area contributed by atoms with Crippen LogP contribution in [0.25, 0.3) is 17.0 Å². The van der Waals surface area contributed by atoms with Gasteiger partial charge < -0.3 is 9.73 Å². The molecule has 3 rings (SSSR count). The van der Waals surface area contributed by atoms with Crippen LogP contribution in [0.4, 0.5) is 5.69 Å². The molecule has 3 aromatic rings. The molecular formula is C21H17NO4. The summed E-state index contributed by atoms with van der Waals surface area (Å²) in [4.78, 5) is 36.0. The van der Waals surface area contributed by atoms with E-state index in [0.717, 1.165) is 5.56 Å². The molecule has 0 aliphatic heterocycles. The molecule has 0 spiro atoms. The van der Waals surface area contributed by atoms with Crippen molar-refractivity contribution in [3.05, 3.63) is 81.7 Å². The van der Waals surface area contributed by atoms with Crippen LogP contribution in [0.2, 0.25) is 0 Å². The van der Waals surface area contributed by atoms with Crippen molar-refractivity contribution >= 4 is 34.4 Å². The van der Waals surface area contributed by atoms with Crippen molar-refractivity contribution in [3.8, 4) is 0 Å². The first kappa shape index (κ1) is 17.4. The first-order chi connectivity index (χ1) is 12.4. The third-order valence-electron chi connectivity index (χ3n) is 3.91. The number of benzene rings is 2. The topological polar surface area (TPSA) is 76.4 Å². The maximum atomic E-state index is 12.5. The maximum absolute atomic E-state index is 12.5. The first-order valence-electron chi connectivity index (χ1n) is 8.06. The predicted octanol–water partition coefficient (Wildman–Crippen LogP) is 3.96. The summed E-state index contributed by atoms with van der Waals surface area (Å²) in [6.45, 7) is 3.35. The number of ketones is 1. The van der Waals surface area contributed by atoms with Gasteiger partial charge in [-0.05, 0) is 44.2 Å². The summed E-state index contributed by atoms with van der Waals surface area (Å²) < 4.78 is 5.45. The van der Waals surface area contributed by atoms with E-state index in [-0.39, 0.29) is 16.8 Å². The van der Waals surface area contributed by atoms with E-state index in [0.29, 0.717) is 22.2 Å². The van der Waals surface area contributed by atoms with E-state index in [1.807, 2.05) is 13.0 Å². The number of rotatable bonds is 4. The number of carbonyl (C=O) groups is 2. The summed E-state index contributed by atoms with van der Waals surface area (Å²) in [6.07, 6.45) is 4.01. The molecule has 1 aromatic heterocycles. The lowest BCUT2D eigenvalue weighted by Gasteiger charge is -2.04. The van der Waals surface area contributed by atoms with Gasteiger partial charge >= 0.3 is 0 Å². The van der Waals surface area contributed by atoms with Crippen LogP contribution in [-0.2, 0) is 4.79 Å². The van der Waals surface area contributed by atoms with Crippen LogP contribution in [0.1, 0.15) is 28.4 Å². The fourth-order valence-corrected chi connectivity index (χ4v) is 2.54. The second kappa shape index (κ2) is 7.19. The van der Waals surface area contributed by atoms with Gasteiger partial charge in [0.2, 0.25) is 5.91 Å². The van der Waals surface area contributed by atoms with Crippen LogP contribution in [0.3, 0.4) is 0 Å². The monoisotopic (exact) mass is 347 g/mol. The number of anilines is 1. The van der Waals surface area contributed by atoms with Gasteiger partial charge in [0.1, 0.15) is 11.8 Å². The van der Waals surface area contributed by atoms with E-state index >= 15 is 0 Å². The van der Waals surface area contributed by atoms with Gasteiger partial charge in [-0.3, -0.25) is 14.4 Å². The smallest absolute Gasteiger partial charge is 0.248 e. The molecule has 0 atom stereocenters. The highest BCUT2D eigenvalue weighted by molar-refractivity contribution is 6.03. The highest BCUT2D eigenvalue weighted by Crippen LogP contribution is 2.14. The minimum atomic E-state index is -0.408. The molecular weight excluding hydrogens is 330 g/mol. The lowest BCUT2D eigenvalue weighted by Crippen LogP contribution is -2.10.